The van der Waals surface area contributed by atoms with Crippen molar-refractivity contribution in [3.8, 4) is 11.3 Å². The maximum absolute atomic E-state index is 5.59. The highest BCUT2D eigenvalue weighted by Crippen LogP contribution is 2.25. The Morgan fingerprint density at radius 1 is 1.38 bits per heavy atom. The predicted molar refractivity (Wildman–Crippen MR) is 62.8 cm³/mol. The molecule has 16 heavy (non-hydrogen) atoms. The maximum atomic E-state index is 5.59. The fraction of sp³-hybridized carbons (Fsp3) is 0.364. The zero-order valence-electron chi connectivity index (χ0n) is 9.73. The van der Waals surface area contributed by atoms with Crippen LogP contribution in [0.5, 0.6) is 0 Å². The molecule has 0 saturated heterocycles. The maximum Gasteiger partial charge on any atom is 0.220 e. The van der Waals surface area contributed by atoms with Crippen LogP contribution in [0.3, 0.4) is 0 Å². The molecule has 0 unspecified atom stereocenters. The summed E-state index contributed by atoms with van der Waals surface area (Å²) in [5.74, 6) is 0.292. The zero-order chi connectivity index (χ0) is 11.7. The number of aryl methyl sites for hydroxylation is 2. The van der Waals surface area contributed by atoms with Crippen molar-refractivity contribution < 1.29 is 0 Å². The predicted octanol–water partition coefficient (Wildman–Crippen LogP) is 1.56. The fourth-order valence-electron chi connectivity index (χ4n) is 1.89. The quantitative estimate of drug-likeness (QED) is 0.828. The minimum Gasteiger partial charge on any atom is -0.368 e. The van der Waals surface area contributed by atoms with Crippen LogP contribution in [0.15, 0.2) is 12.3 Å². The van der Waals surface area contributed by atoms with Crippen molar-refractivity contribution in [1.82, 2.24) is 19.7 Å². The second kappa shape index (κ2) is 3.92. The van der Waals surface area contributed by atoms with Crippen LogP contribution in [0.4, 0.5) is 5.95 Å². The smallest absolute Gasteiger partial charge is 0.220 e. The number of aromatic nitrogens is 4. The van der Waals surface area contributed by atoms with Gasteiger partial charge in [-0.1, -0.05) is 0 Å². The summed E-state index contributed by atoms with van der Waals surface area (Å²) in [5, 5.41) is 4.45. The van der Waals surface area contributed by atoms with Gasteiger partial charge >= 0.3 is 0 Å². The van der Waals surface area contributed by atoms with Gasteiger partial charge in [0.05, 0.1) is 11.4 Å². The highest BCUT2D eigenvalue weighted by molar-refractivity contribution is 5.65. The van der Waals surface area contributed by atoms with Crippen LogP contribution in [0.2, 0.25) is 0 Å². The summed E-state index contributed by atoms with van der Waals surface area (Å²) in [4.78, 5) is 8.12. The third-order valence-electron chi connectivity index (χ3n) is 2.61. The highest BCUT2D eigenvalue weighted by Gasteiger charge is 2.13. The first kappa shape index (κ1) is 10.6. The minimum atomic E-state index is 0.292. The molecular weight excluding hydrogens is 202 g/mol. The minimum absolute atomic E-state index is 0.292. The van der Waals surface area contributed by atoms with Gasteiger partial charge in [0.2, 0.25) is 5.95 Å². The molecule has 0 aliphatic heterocycles. The third-order valence-corrected chi connectivity index (χ3v) is 2.61. The molecule has 0 aliphatic carbocycles. The zero-order valence-corrected chi connectivity index (χ0v) is 9.73. The molecule has 84 valence electrons. The van der Waals surface area contributed by atoms with E-state index in [1.807, 2.05) is 24.6 Å². The lowest BCUT2D eigenvalue weighted by Gasteiger charge is -2.02. The van der Waals surface area contributed by atoms with Gasteiger partial charge in [-0.2, -0.15) is 5.10 Å². The summed E-state index contributed by atoms with van der Waals surface area (Å²) in [7, 11) is 0. The molecule has 0 saturated carbocycles. The van der Waals surface area contributed by atoms with Crippen LogP contribution in [0.25, 0.3) is 11.3 Å². The number of nitrogen functional groups attached to an aromatic ring is 1. The molecular formula is C11H15N5. The summed E-state index contributed by atoms with van der Waals surface area (Å²) >= 11 is 0. The Hall–Kier alpha value is -1.91. The van der Waals surface area contributed by atoms with Crippen LogP contribution in [-0.4, -0.2) is 19.7 Å². The van der Waals surface area contributed by atoms with E-state index in [2.05, 4.69) is 22.0 Å². The van der Waals surface area contributed by atoms with Gasteiger partial charge in [-0.15, -0.1) is 0 Å². The molecule has 2 N–H and O–H groups in total. The summed E-state index contributed by atoms with van der Waals surface area (Å²) in [5.41, 5.74) is 9.55. The first-order chi connectivity index (χ1) is 7.63. The van der Waals surface area contributed by atoms with Crippen molar-refractivity contribution in [3.63, 3.8) is 0 Å². The molecule has 5 nitrogen and oxygen atoms in total. The standard InChI is InChI=1S/C11H15N5/c1-4-16-8(3)10(7(2)15-16)9-5-6-13-11(12)14-9/h5-6H,4H2,1-3H3,(H2,12,13,14). The second-order valence-electron chi connectivity index (χ2n) is 3.66. The van der Waals surface area contributed by atoms with Gasteiger partial charge in [-0.05, 0) is 26.8 Å². The normalized spacial score (nSPS) is 10.7. The van der Waals surface area contributed by atoms with Gasteiger partial charge in [-0.3, -0.25) is 4.68 Å². The van der Waals surface area contributed by atoms with Crippen LogP contribution < -0.4 is 5.73 Å². The molecule has 0 spiro atoms. The van der Waals surface area contributed by atoms with Crippen LogP contribution >= 0.6 is 0 Å². The fourth-order valence-corrected chi connectivity index (χ4v) is 1.89. The monoisotopic (exact) mass is 217 g/mol. The molecule has 5 heteroatoms. The largest absolute Gasteiger partial charge is 0.368 e. The topological polar surface area (TPSA) is 69.6 Å². The lowest BCUT2D eigenvalue weighted by molar-refractivity contribution is 0.634. The van der Waals surface area contributed by atoms with Gasteiger partial charge < -0.3 is 5.73 Å². The Labute approximate surface area is 94.3 Å². The molecule has 0 amide bonds. The molecule has 0 radical (unpaired) electrons. The van der Waals surface area contributed by atoms with E-state index in [-0.39, 0.29) is 0 Å². The Morgan fingerprint density at radius 2 is 2.12 bits per heavy atom. The molecule has 2 heterocycles. The molecule has 2 aromatic heterocycles. The van der Waals surface area contributed by atoms with Crippen LogP contribution in [-0.2, 0) is 6.54 Å². The summed E-state index contributed by atoms with van der Waals surface area (Å²) < 4.78 is 1.96. The van der Waals surface area contributed by atoms with E-state index < -0.39 is 0 Å². The van der Waals surface area contributed by atoms with Crippen molar-refractivity contribution in [1.29, 1.82) is 0 Å². The van der Waals surface area contributed by atoms with E-state index in [9.17, 15) is 0 Å². The van der Waals surface area contributed by atoms with Gasteiger partial charge in [0.15, 0.2) is 0 Å². The second-order valence-corrected chi connectivity index (χ2v) is 3.66. The molecule has 0 bridgehead atoms. The number of hydrogen-bond donors (Lipinski definition) is 1. The Kier molecular flexibility index (Phi) is 2.60. The Morgan fingerprint density at radius 3 is 2.69 bits per heavy atom. The van der Waals surface area contributed by atoms with E-state index in [1.54, 1.807) is 6.20 Å². The number of rotatable bonds is 2. The first-order valence-corrected chi connectivity index (χ1v) is 5.26. The Bertz CT molecular complexity index is 515. The number of nitrogens with zero attached hydrogens (tertiary/aromatic N) is 4. The number of hydrogen-bond acceptors (Lipinski definition) is 4. The van der Waals surface area contributed by atoms with E-state index in [0.717, 1.165) is 29.2 Å². The first-order valence-electron chi connectivity index (χ1n) is 5.26. The molecule has 2 rings (SSSR count). The van der Waals surface area contributed by atoms with Crippen molar-refractivity contribution >= 4 is 5.95 Å². The third kappa shape index (κ3) is 1.64. The van der Waals surface area contributed by atoms with Crippen molar-refractivity contribution in [2.24, 2.45) is 0 Å². The molecule has 0 fully saturated rings. The molecule has 0 aromatic carbocycles. The summed E-state index contributed by atoms with van der Waals surface area (Å²) in [6.45, 7) is 6.94. The van der Waals surface area contributed by atoms with Crippen molar-refractivity contribution in [2.75, 3.05) is 5.73 Å². The number of anilines is 1. The van der Waals surface area contributed by atoms with Crippen molar-refractivity contribution in [3.05, 3.63) is 23.7 Å². The van der Waals surface area contributed by atoms with E-state index in [4.69, 9.17) is 5.73 Å². The molecule has 2 aromatic rings. The Balaban J connectivity index is 2.60. The van der Waals surface area contributed by atoms with Crippen LogP contribution in [0.1, 0.15) is 18.3 Å². The van der Waals surface area contributed by atoms with E-state index in [1.165, 1.54) is 0 Å². The highest BCUT2D eigenvalue weighted by atomic mass is 15.3. The average Bonchev–Trinajstić information content (AvgIpc) is 2.53. The number of nitrogens with two attached hydrogens (primary N) is 1. The molecule has 0 aliphatic rings. The van der Waals surface area contributed by atoms with E-state index in [0.29, 0.717) is 5.95 Å². The molecule has 0 atom stereocenters. The SMILES string of the molecule is CCn1nc(C)c(-c2ccnc(N)n2)c1C. The van der Waals surface area contributed by atoms with E-state index >= 15 is 0 Å². The lowest BCUT2D eigenvalue weighted by Crippen LogP contribution is -1.99. The van der Waals surface area contributed by atoms with Crippen LogP contribution in [0, 0.1) is 13.8 Å². The van der Waals surface area contributed by atoms with Crippen molar-refractivity contribution in [2.45, 2.75) is 27.3 Å². The van der Waals surface area contributed by atoms with Gasteiger partial charge in [0, 0.05) is 24.0 Å². The summed E-state index contributed by atoms with van der Waals surface area (Å²) in [6.07, 6.45) is 1.67. The average molecular weight is 217 g/mol. The van der Waals surface area contributed by atoms with Gasteiger partial charge in [0.25, 0.3) is 0 Å². The summed E-state index contributed by atoms with van der Waals surface area (Å²) in [6, 6.07) is 1.85. The van der Waals surface area contributed by atoms with Gasteiger partial charge in [-0.25, -0.2) is 9.97 Å². The van der Waals surface area contributed by atoms with Gasteiger partial charge in [0.1, 0.15) is 0 Å². The lowest BCUT2D eigenvalue weighted by atomic mass is 10.1.